The van der Waals surface area contributed by atoms with Crippen molar-refractivity contribution in [2.24, 2.45) is 12.8 Å². The Morgan fingerprint density at radius 2 is 1.84 bits per heavy atom. The third kappa shape index (κ3) is 5.62. The molecule has 0 bridgehead atoms. The van der Waals surface area contributed by atoms with Gasteiger partial charge in [0, 0.05) is 39.1 Å². The number of carbonyl (C=O) groups is 2. The van der Waals surface area contributed by atoms with Gasteiger partial charge in [-0.1, -0.05) is 41.6 Å². The minimum Gasteiger partial charge on any atom is -0.350 e. The van der Waals surface area contributed by atoms with E-state index in [-0.39, 0.29) is 18.4 Å². The van der Waals surface area contributed by atoms with Crippen LogP contribution in [0.25, 0.3) is 11.0 Å². The average molecular weight is 514 g/mol. The lowest BCUT2D eigenvalue weighted by Crippen LogP contribution is -2.63. The van der Waals surface area contributed by atoms with Gasteiger partial charge in [0.15, 0.2) is 0 Å². The van der Waals surface area contributed by atoms with Crippen LogP contribution in [0, 0.1) is 0 Å². The van der Waals surface area contributed by atoms with E-state index in [9.17, 15) is 9.59 Å². The number of hydrogen-bond acceptors (Lipinski definition) is 8. The van der Waals surface area contributed by atoms with Gasteiger partial charge < -0.3 is 20.9 Å². The summed E-state index contributed by atoms with van der Waals surface area (Å²) in [4.78, 5) is 39.1. The van der Waals surface area contributed by atoms with Crippen LogP contribution in [0.5, 0.6) is 0 Å². The first kappa shape index (κ1) is 25.3. The number of aromatic nitrogens is 5. The molecule has 11 heteroatoms. The molecule has 1 saturated heterocycles. The predicted molar refractivity (Wildman–Crippen MR) is 143 cm³/mol. The molecule has 0 aliphatic carbocycles. The maximum Gasteiger partial charge on any atom is 0.244 e. The van der Waals surface area contributed by atoms with Gasteiger partial charge in [-0.2, -0.15) is 0 Å². The summed E-state index contributed by atoms with van der Waals surface area (Å²) in [5, 5.41) is 11.2. The van der Waals surface area contributed by atoms with Crippen LogP contribution in [0.15, 0.2) is 67.0 Å². The van der Waals surface area contributed by atoms with Gasteiger partial charge in [0.05, 0.1) is 18.1 Å². The first-order chi connectivity index (χ1) is 18.5. The number of nitrogens with two attached hydrogens (primary N) is 1. The van der Waals surface area contributed by atoms with Crippen molar-refractivity contribution in [3.05, 3.63) is 78.1 Å². The maximum absolute atomic E-state index is 13.5. The van der Waals surface area contributed by atoms with Crippen LogP contribution in [0.2, 0.25) is 0 Å². The second-order valence-electron chi connectivity index (χ2n) is 9.43. The van der Waals surface area contributed by atoms with Crippen LogP contribution in [0.3, 0.4) is 0 Å². The molecule has 3 N–H and O–H groups in total. The molecule has 196 valence electrons. The van der Waals surface area contributed by atoms with Gasteiger partial charge in [0.2, 0.25) is 17.8 Å². The maximum atomic E-state index is 13.5. The van der Waals surface area contributed by atoms with E-state index in [1.807, 2.05) is 60.5 Å². The van der Waals surface area contributed by atoms with Gasteiger partial charge in [0.25, 0.3) is 0 Å². The fourth-order valence-electron chi connectivity index (χ4n) is 4.71. The summed E-state index contributed by atoms with van der Waals surface area (Å²) in [6, 6.07) is 16.0. The second-order valence-corrected chi connectivity index (χ2v) is 9.43. The lowest BCUT2D eigenvalue weighted by molar-refractivity contribution is -0.142. The van der Waals surface area contributed by atoms with E-state index in [1.165, 1.54) is 0 Å². The standard InChI is InChI=1S/C27H31N9O2/c1-34-23-11-9-20(16-22(23)32-33-34)17-31-25(37)24-18-35(27-29-12-5-13-30-27)14-15-36(24)26(38)21(28)10-8-19-6-3-2-4-7-19/h2-7,9,11-13,16,21,24H,8,10,14-15,17-18,28H2,1H3,(H,31,37). The number of carbonyl (C=O) groups excluding carboxylic acids is 2. The second kappa shape index (κ2) is 11.3. The van der Waals surface area contributed by atoms with Crippen molar-refractivity contribution in [2.45, 2.75) is 31.5 Å². The Labute approximate surface area is 220 Å². The number of benzene rings is 2. The summed E-state index contributed by atoms with van der Waals surface area (Å²) < 4.78 is 1.70. The highest BCUT2D eigenvalue weighted by Gasteiger charge is 2.37. The molecule has 38 heavy (non-hydrogen) atoms. The molecule has 2 unspecified atom stereocenters. The van der Waals surface area contributed by atoms with E-state index < -0.39 is 12.1 Å². The van der Waals surface area contributed by atoms with Gasteiger partial charge >= 0.3 is 0 Å². The highest BCUT2D eigenvalue weighted by Crippen LogP contribution is 2.18. The van der Waals surface area contributed by atoms with Crippen LogP contribution in [0.4, 0.5) is 5.95 Å². The Hall–Kier alpha value is -4.38. The van der Waals surface area contributed by atoms with E-state index in [0.717, 1.165) is 22.2 Å². The first-order valence-electron chi connectivity index (χ1n) is 12.7. The molecular weight excluding hydrogens is 482 g/mol. The molecule has 1 fully saturated rings. The highest BCUT2D eigenvalue weighted by molar-refractivity contribution is 5.90. The summed E-state index contributed by atoms with van der Waals surface area (Å²) in [6.45, 7) is 1.43. The summed E-state index contributed by atoms with van der Waals surface area (Å²) in [5.41, 5.74) is 10.0. The first-order valence-corrected chi connectivity index (χ1v) is 12.7. The van der Waals surface area contributed by atoms with Crippen LogP contribution < -0.4 is 16.0 Å². The molecule has 2 aromatic carbocycles. The molecule has 1 aliphatic heterocycles. The number of hydrogen-bond donors (Lipinski definition) is 2. The Bertz CT molecular complexity index is 1390. The zero-order valence-electron chi connectivity index (χ0n) is 21.3. The molecule has 5 rings (SSSR count). The Kier molecular flexibility index (Phi) is 7.55. The largest absolute Gasteiger partial charge is 0.350 e. The molecular formula is C27H31N9O2. The Morgan fingerprint density at radius 1 is 1.05 bits per heavy atom. The van der Waals surface area contributed by atoms with Crippen molar-refractivity contribution < 1.29 is 9.59 Å². The molecule has 2 aromatic heterocycles. The highest BCUT2D eigenvalue weighted by atomic mass is 16.2. The Balaban J connectivity index is 1.29. The summed E-state index contributed by atoms with van der Waals surface area (Å²) >= 11 is 0. The van der Waals surface area contributed by atoms with Crippen LogP contribution in [-0.2, 0) is 29.6 Å². The van der Waals surface area contributed by atoms with Crippen LogP contribution >= 0.6 is 0 Å². The molecule has 0 saturated carbocycles. The number of fused-ring (bicyclic) bond motifs is 1. The van der Waals surface area contributed by atoms with Gasteiger partial charge in [-0.3, -0.25) is 9.59 Å². The number of aryl methyl sites for hydroxylation is 2. The van der Waals surface area contributed by atoms with E-state index in [1.54, 1.807) is 28.0 Å². The van der Waals surface area contributed by atoms with Crippen molar-refractivity contribution in [1.29, 1.82) is 0 Å². The van der Waals surface area contributed by atoms with E-state index in [4.69, 9.17) is 5.73 Å². The molecule has 2 amide bonds. The molecule has 11 nitrogen and oxygen atoms in total. The molecule has 3 heterocycles. The topological polar surface area (TPSA) is 135 Å². The average Bonchev–Trinajstić information content (AvgIpc) is 3.34. The molecule has 0 spiro atoms. The fourth-order valence-corrected chi connectivity index (χ4v) is 4.71. The number of amides is 2. The van der Waals surface area contributed by atoms with E-state index >= 15 is 0 Å². The monoisotopic (exact) mass is 513 g/mol. The van der Waals surface area contributed by atoms with Gasteiger partial charge in [-0.15, -0.1) is 5.10 Å². The van der Waals surface area contributed by atoms with Crippen LogP contribution in [0.1, 0.15) is 17.5 Å². The zero-order valence-corrected chi connectivity index (χ0v) is 21.3. The van der Waals surface area contributed by atoms with Crippen molar-refractivity contribution in [1.82, 2.24) is 35.2 Å². The molecule has 0 radical (unpaired) electrons. The number of piperazine rings is 1. The fraction of sp³-hybridized carbons (Fsp3) is 0.333. The molecule has 2 atom stereocenters. The molecule has 1 aliphatic rings. The van der Waals surface area contributed by atoms with Crippen molar-refractivity contribution in [3.8, 4) is 0 Å². The van der Waals surface area contributed by atoms with Crippen LogP contribution in [-0.4, -0.2) is 73.4 Å². The lowest BCUT2D eigenvalue weighted by Gasteiger charge is -2.41. The third-order valence-electron chi connectivity index (χ3n) is 6.85. The van der Waals surface area contributed by atoms with E-state index in [2.05, 4.69) is 25.6 Å². The van der Waals surface area contributed by atoms with Crippen molar-refractivity contribution in [2.75, 3.05) is 24.5 Å². The number of nitrogens with zero attached hydrogens (tertiary/aromatic N) is 7. The SMILES string of the molecule is Cn1nnc2cc(CNC(=O)C3CN(c4ncccn4)CCN3C(=O)C(N)CCc3ccccc3)ccc21. The third-order valence-corrected chi connectivity index (χ3v) is 6.85. The summed E-state index contributed by atoms with van der Waals surface area (Å²) in [6.07, 6.45) is 4.51. The smallest absolute Gasteiger partial charge is 0.244 e. The number of rotatable bonds is 8. The summed E-state index contributed by atoms with van der Waals surface area (Å²) in [7, 11) is 1.83. The van der Waals surface area contributed by atoms with Gasteiger partial charge in [-0.05, 0) is 42.2 Å². The quantitative estimate of drug-likeness (QED) is 0.357. The van der Waals surface area contributed by atoms with Crippen molar-refractivity contribution in [3.63, 3.8) is 0 Å². The molecule has 4 aromatic rings. The Morgan fingerprint density at radius 3 is 2.63 bits per heavy atom. The van der Waals surface area contributed by atoms with Crippen molar-refractivity contribution >= 4 is 28.8 Å². The summed E-state index contributed by atoms with van der Waals surface area (Å²) in [5.74, 6) is 0.0445. The van der Waals surface area contributed by atoms with Gasteiger partial charge in [-0.25, -0.2) is 14.6 Å². The van der Waals surface area contributed by atoms with E-state index in [0.29, 0.717) is 38.4 Å². The normalized spacial score (nSPS) is 16.4. The minimum atomic E-state index is -0.733. The number of anilines is 1. The zero-order chi connectivity index (χ0) is 26.5. The predicted octanol–water partition coefficient (Wildman–Crippen LogP) is 1.05. The minimum absolute atomic E-state index is 0.226. The van der Waals surface area contributed by atoms with Gasteiger partial charge in [0.1, 0.15) is 11.6 Å². The lowest BCUT2D eigenvalue weighted by atomic mass is 10.0. The number of nitrogens with one attached hydrogen (secondary N) is 1.